The van der Waals surface area contributed by atoms with E-state index in [-0.39, 0.29) is 5.92 Å². The Morgan fingerprint density at radius 3 is 2.07 bits per heavy atom. The number of rotatable bonds is 3. The van der Waals surface area contributed by atoms with E-state index in [4.69, 9.17) is 4.74 Å². The molecule has 5 rings (SSSR count). The van der Waals surface area contributed by atoms with E-state index in [2.05, 4.69) is 117 Å². The molecular weight excluding hydrogens is 352 g/mol. The minimum atomic E-state index is -0.512. The number of fused-ring (bicyclic) bond motifs is 3. The highest BCUT2D eigenvalue weighted by molar-refractivity contribution is 6.01. The van der Waals surface area contributed by atoms with Gasteiger partial charge < -0.3 is 4.74 Å². The van der Waals surface area contributed by atoms with Gasteiger partial charge in [-0.1, -0.05) is 105 Å². The van der Waals surface area contributed by atoms with Gasteiger partial charge in [-0.2, -0.15) is 0 Å². The van der Waals surface area contributed by atoms with Crippen LogP contribution in [0.1, 0.15) is 30.5 Å². The Morgan fingerprint density at radius 2 is 1.34 bits per heavy atom. The Labute approximate surface area is 172 Å². The molecule has 1 unspecified atom stereocenters. The first kappa shape index (κ1) is 17.8. The van der Waals surface area contributed by atoms with Crippen molar-refractivity contribution < 1.29 is 4.74 Å². The zero-order chi connectivity index (χ0) is 19.8. The SMILES string of the molecule is CC(C)C1(c2ccccc2)C=C(c2ccccc2)c2c(ccc3ccccc23)O1. The summed E-state index contributed by atoms with van der Waals surface area (Å²) in [4.78, 5) is 0. The summed E-state index contributed by atoms with van der Waals surface area (Å²) in [7, 11) is 0. The molecule has 1 heterocycles. The predicted octanol–water partition coefficient (Wildman–Crippen LogP) is 7.22. The first-order valence-corrected chi connectivity index (χ1v) is 10.2. The molecule has 4 aromatic rings. The molecule has 1 heteroatoms. The van der Waals surface area contributed by atoms with E-state index in [1.165, 1.54) is 33.0 Å². The smallest absolute Gasteiger partial charge is 0.155 e. The molecule has 0 saturated heterocycles. The summed E-state index contributed by atoms with van der Waals surface area (Å²) >= 11 is 0. The van der Waals surface area contributed by atoms with Crippen molar-refractivity contribution in [1.29, 1.82) is 0 Å². The van der Waals surface area contributed by atoms with Crippen molar-refractivity contribution in [2.24, 2.45) is 5.92 Å². The van der Waals surface area contributed by atoms with Crippen LogP contribution in [0.25, 0.3) is 16.3 Å². The van der Waals surface area contributed by atoms with E-state index in [1.807, 2.05) is 0 Å². The van der Waals surface area contributed by atoms with Crippen molar-refractivity contribution in [3.63, 3.8) is 0 Å². The molecule has 0 fully saturated rings. The van der Waals surface area contributed by atoms with E-state index in [0.717, 1.165) is 5.75 Å². The van der Waals surface area contributed by atoms with Gasteiger partial charge in [0.15, 0.2) is 5.60 Å². The van der Waals surface area contributed by atoms with Gasteiger partial charge in [-0.25, -0.2) is 0 Å². The lowest BCUT2D eigenvalue weighted by molar-refractivity contribution is 0.0653. The molecule has 0 radical (unpaired) electrons. The maximum absolute atomic E-state index is 6.85. The van der Waals surface area contributed by atoms with Crippen LogP contribution >= 0.6 is 0 Å². The van der Waals surface area contributed by atoms with Gasteiger partial charge in [0.25, 0.3) is 0 Å². The minimum absolute atomic E-state index is 0.267. The Morgan fingerprint density at radius 1 is 0.690 bits per heavy atom. The van der Waals surface area contributed by atoms with Crippen LogP contribution in [-0.2, 0) is 5.60 Å². The Balaban J connectivity index is 1.85. The second kappa shape index (κ2) is 6.93. The summed E-state index contributed by atoms with van der Waals surface area (Å²) in [6, 6.07) is 34.1. The molecular formula is C28H24O. The summed E-state index contributed by atoms with van der Waals surface area (Å²) in [5.74, 6) is 1.21. The lowest BCUT2D eigenvalue weighted by Crippen LogP contribution is -2.39. The highest BCUT2D eigenvalue weighted by Gasteiger charge is 2.40. The van der Waals surface area contributed by atoms with Gasteiger partial charge in [0.05, 0.1) is 0 Å². The molecule has 1 atom stereocenters. The number of benzene rings is 4. The Hall–Kier alpha value is -3.32. The summed E-state index contributed by atoms with van der Waals surface area (Å²) in [5.41, 5.74) is 4.31. The Kier molecular flexibility index (Phi) is 4.24. The topological polar surface area (TPSA) is 9.23 Å². The average Bonchev–Trinajstić information content (AvgIpc) is 2.79. The van der Waals surface area contributed by atoms with E-state index in [0.29, 0.717) is 0 Å². The largest absolute Gasteiger partial charge is 0.477 e. The second-order valence-electron chi connectivity index (χ2n) is 8.00. The number of ether oxygens (including phenoxy) is 1. The van der Waals surface area contributed by atoms with Crippen LogP contribution in [0.4, 0.5) is 0 Å². The number of hydrogen-bond donors (Lipinski definition) is 0. The van der Waals surface area contributed by atoms with Crippen LogP contribution in [-0.4, -0.2) is 0 Å². The molecule has 29 heavy (non-hydrogen) atoms. The Bertz CT molecular complexity index is 1190. The molecule has 0 saturated carbocycles. The van der Waals surface area contributed by atoms with Gasteiger partial charge in [-0.05, 0) is 39.6 Å². The monoisotopic (exact) mass is 376 g/mol. The molecule has 4 aromatic carbocycles. The van der Waals surface area contributed by atoms with Crippen LogP contribution in [0, 0.1) is 5.92 Å². The third kappa shape index (κ3) is 2.86. The van der Waals surface area contributed by atoms with Gasteiger partial charge in [-0.3, -0.25) is 0 Å². The molecule has 0 N–H and O–H groups in total. The maximum Gasteiger partial charge on any atom is 0.155 e. The summed E-state index contributed by atoms with van der Waals surface area (Å²) in [6.07, 6.45) is 2.34. The van der Waals surface area contributed by atoms with Gasteiger partial charge >= 0.3 is 0 Å². The van der Waals surface area contributed by atoms with E-state index >= 15 is 0 Å². The van der Waals surface area contributed by atoms with Crippen LogP contribution in [0.15, 0.2) is 103 Å². The van der Waals surface area contributed by atoms with Crippen molar-refractivity contribution in [3.05, 3.63) is 120 Å². The van der Waals surface area contributed by atoms with Crippen molar-refractivity contribution >= 4 is 16.3 Å². The van der Waals surface area contributed by atoms with Crippen LogP contribution < -0.4 is 4.74 Å². The highest BCUT2D eigenvalue weighted by atomic mass is 16.5. The maximum atomic E-state index is 6.85. The second-order valence-corrected chi connectivity index (χ2v) is 8.00. The van der Waals surface area contributed by atoms with Crippen LogP contribution in [0.2, 0.25) is 0 Å². The molecule has 0 spiro atoms. The van der Waals surface area contributed by atoms with Crippen molar-refractivity contribution in [2.75, 3.05) is 0 Å². The molecule has 1 nitrogen and oxygen atoms in total. The van der Waals surface area contributed by atoms with Gasteiger partial charge in [0, 0.05) is 11.5 Å². The van der Waals surface area contributed by atoms with Gasteiger partial charge in [0.1, 0.15) is 5.75 Å². The third-order valence-corrected chi connectivity index (χ3v) is 5.97. The lowest BCUT2D eigenvalue weighted by Gasteiger charge is -2.41. The van der Waals surface area contributed by atoms with Crippen molar-refractivity contribution in [2.45, 2.75) is 19.4 Å². The molecule has 142 valence electrons. The minimum Gasteiger partial charge on any atom is -0.477 e. The van der Waals surface area contributed by atoms with Crippen molar-refractivity contribution in [1.82, 2.24) is 0 Å². The molecule has 0 aromatic heterocycles. The van der Waals surface area contributed by atoms with Crippen LogP contribution in [0.5, 0.6) is 5.75 Å². The first-order chi connectivity index (χ1) is 14.2. The fraction of sp³-hybridized carbons (Fsp3) is 0.143. The average molecular weight is 376 g/mol. The van der Waals surface area contributed by atoms with Gasteiger partial charge in [-0.15, -0.1) is 0 Å². The first-order valence-electron chi connectivity index (χ1n) is 10.2. The molecule has 0 bridgehead atoms. The van der Waals surface area contributed by atoms with Crippen LogP contribution in [0.3, 0.4) is 0 Å². The van der Waals surface area contributed by atoms with Gasteiger partial charge in [0.2, 0.25) is 0 Å². The summed E-state index contributed by atoms with van der Waals surface area (Å²) in [5, 5.41) is 2.46. The zero-order valence-corrected chi connectivity index (χ0v) is 16.8. The summed E-state index contributed by atoms with van der Waals surface area (Å²) in [6.45, 7) is 4.47. The predicted molar refractivity (Wildman–Crippen MR) is 121 cm³/mol. The quantitative estimate of drug-likeness (QED) is 0.367. The standard InChI is InChI=1S/C28H24O/c1-20(2)28(23-14-7-4-8-15-23)19-25(21-11-5-3-6-12-21)27-24-16-10-9-13-22(24)17-18-26(27)29-28/h3-20H,1-2H3. The molecule has 1 aliphatic rings. The van der Waals surface area contributed by atoms with E-state index < -0.39 is 5.60 Å². The third-order valence-electron chi connectivity index (χ3n) is 5.97. The van der Waals surface area contributed by atoms with E-state index in [9.17, 15) is 0 Å². The summed E-state index contributed by atoms with van der Waals surface area (Å²) < 4.78 is 6.85. The zero-order valence-electron chi connectivity index (χ0n) is 16.8. The highest BCUT2D eigenvalue weighted by Crippen LogP contribution is 2.49. The molecule has 0 amide bonds. The fourth-order valence-electron chi connectivity index (χ4n) is 4.42. The van der Waals surface area contributed by atoms with Crippen molar-refractivity contribution in [3.8, 4) is 5.75 Å². The molecule has 1 aliphatic heterocycles. The van der Waals surface area contributed by atoms with E-state index in [1.54, 1.807) is 0 Å². The normalized spacial score (nSPS) is 18.2. The fourth-order valence-corrected chi connectivity index (χ4v) is 4.42. The lowest BCUT2D eigenvalue weighted by atomic mass is 9.77. The number of hydrogen-bond acceptors (Lipinski definition) is 1. The molecule has 0 aliphatic carbocycles.